The molecule has 1 aromatic rings. The smallest absolute Gasteiger partial charge is 0.237 e. The van der Waals surface area contributed by atoms with Crippen LogP contribution in [0, 0.1) is 11.6 Å². The van der Waals surface area contributed by atoms with E-state index in [1.54, 1.807) is 0 Å². The maximum Gasteiger partial charge on any atom is 0.237 e. The Morgan fingerprint density at radius 1 is 1.48 bits per heavy atom. The van der Waals surface area contributed by atoms with Gasteiger partial charge in [0.1, 0.15) is 11.6 Å². The Balaban J connectivity index is 2.10. The molecular formula is C15H20F2N2OS. The van der Waals surface area contributed by atoms with Crippen molar-refractivity contribution in [2.24, 2.45) is 5.73 Å². The van der Waals surface area contributed by atoms with E-state index in [0.29, 0.717) is 12.8 Å². The van der Waals surface area contributed by atoms with Crippen molar-refractivity contribution in [3.8, 4) is 0 Å². The molecule has 2 unspecified atom stereocenters. The van der Waals surface area contributed by atoms with Crippen molar-refractivity contribution < 1.29 is 13.6 Å². The lowest BCUT2D eigenvalue weighted by atomic mass is 9.96. The average Bonchev–Trinajstić information content (AvgIpc) is 2.77. The molecule has 0 spiro atoms. The van der Waals surface area contributed by atoms with Crippen LogP contribution in [0.2, 0.25) is 0 Å². The number of nitrogens with two attached hydrogens (primary N) is 1. The monoisotopic (exact) mass is 314 g/mol. The predicted octanol–water partition coefficient (Wildman–Crippen LogP) is 2.83. The highest BCUT2D eigenvalue weighted by Crippen LogP contribution is 2.41. The van der Waals surface area contributed by atoms with Crippen LogP contribution in [-0.4, -0.2) is 22.7 Å². The van der Waals surface area contributed by atoms with Crippen molar-refractivity contribution >= 4 is 17.7 Å². The van der Waals surface area contributed by atoms with Gasteiger partial charge in [0.05, 0.1) is 5.54 Å². The highest BCUT2D eigenvalue weighted by Gasteiger charge is 2.44. The van der Waals surface area contributed by atoms with E-state index >= 15 is 0 Å². The van der Waals surface area contributed by atoms with E-state index in [1.807, 2.05) is 13.8 Å². The number of halogens is 2. The second-order valence-electron chi connectivity index (χ2n) is 5.80. The van der Waals surface area contributed by atoms with Crippen LogP contribution in [0.5, 0.6) is 0 Å². The van der Waals surface area contributed by atoms with Crippen molar-refractivity contribution in [3.05, 3.63) is 29.8 Å². The van der Waals surface area contributed by atoms with Gasteiger partial charge in [0.25, 0.3) is 0 Å². The van der Waals surface area contributed by atoms with Crippen molar-refractivity contribution in [1.29, 1.82) is 0 Å². The third-order valence-electron chi connectivity index (χ3n) is 3.69. The number of benzene rings is 1. The van der Waals surface area contributed by atoms with Crippen LogP contribution >= 0.6 is 11.8 Å². The molecule has 2 rings (SSSR count). The molecule has 1 aromatic carbocycles. The van der Waals surface area contributed by atoms with Crippen molar-refractivity contribution in [3.63, 3.8) is 0 Å². The number of hydrogen-bond donors (Lipinski definition) is 2. The molecule has 1 aliphatic rings. The normalized spacial score (nSPS) is 25.5. The van der Waals surface area contributed by atoms with Crippen LogP contribution in [0.25, 0.3) is 0 Å². The molecule has 3 nitrogen and oxygen atoms in total. The van der Waals surface area contributed by atoms with Gasteiger partial charge in [-0.2, -0.15) is 0 Å². The molecule has 21 heavy (non-hydrogen) atoms. The van der Waals surface area contributed by atoms with Gasteiger partial charge in [0, 0.05) is 16.2 Å². The zero-order valence-electron chi connectivity index (χ0n) is 12.2. The molecule has 116 valence electrons. The zero-order chi connectivity index (χ0) is 15.6. The second kappa shape index (κ2) is 6.32. The Morgan fingerprint density at radius 2 is 2.19 bits per heavy atom. The third kappa shape index (κ3) is 3.74. The minimum atomic E-state index is -0.740. The summed E-state index contributed by atoms with van der Waals surface area (Å²) in [4.78, 5) is 12.1. The van der Waals surface area contributed by atoms with Gasteiger partial charge in [-0.25, -0.2) is 8.78 Å². The highest BCUT2D eigenvalue weighted by atomic mass is 32.2. The number of rotatable bonds is 5. The fourth-order valence-corrected chi connectivity index (χ4v) is 4.15. The van der Waals surface area contributed by atoms with Crippen LogP contribution in [-0.2, 0) is 4.79 Å². The van der Waals surface area contributed by atoms with E-state index in [2.05, 4.69) is 5.32 Å². The van der Waals surface area contributed by atoms with E-state index in [-0.39, 0.29) is 22.1 Å². The van der Waals surface area contributed by atoms with Crippen LogP contribution in [0.1, 0.15) is 33.1 Å². The van der Waals surface area contributed by atoms with Gasteiger partial charge in [-0.05, 0) is 51.3 Å². The Labute approximate surface area is 127 Å². The first-order valence-electron chi connectivity index (χ1n) is 7.02. The van der Waals surface area contributed by atoms with Crippen molar-refractivity contribution in [2.45, 2.75) is 54.8 Å². The lowest BCUT2D eigenvalue weighted by Crippen LogP contribution is -2.56. The maximum atomic E-state index is 13.7. The van der Waals surface area contributed by atoms with Gasteiger partial charge in [0.2, 0.25) is 5.91 Å². The SMILES string of the molecule is CC(C)NC1(C(N)=O)CCC(Sc2cc(F)ccc2F)C1. The summed E-state index contributed by atoms with van der Waals surface area (Å²) >= 11 is 1.28. The summed E-state index contributed by atoms with van der Waals surface area (Å²) in [6.07, 6.45) is 1.89. The number of carbonyl (C=O) groups is 1. The molecule has 0 bridgehead atoms. The molecule has 0 heterocycles. The maximum absolute atomic E-state index is 13.7. The van der Waals surface area contributed by atoms with E-state index in [9.17, 15) is 13.6 Å². The Bertz CT molecular complexity index is 538. The Morgan fingerprint density at radius 3 is 2.81 bits per heavy atom. The summed E-state index contributed by atoms with van der Waals surface area (Å²) in [7, 11) is 0. The fraction of sp³-hybridized carbons (Fsp3) is 0.533. The van der Waals surface area contributed by atoms with Crippen LogP contribution in [0.4, 0.5) is 8.78 Å². The van der Waals surface area contributed by atoms with Gasteiger partial charge >= 0.3 is 0 Å². The first-order chi connectivity index (χ1) is 9.82. The number of amides is 1. The predicted molar refractivity (Wildman–Crippen MR) is 80.1 cm³/mol. The lowest BCUT2D eigenvalue weighted by molar-refractivity contribution is -0.124. The summed E-state index contributed by atoms with van der Waals surface area (Å²) in [5.41, 5.74) is 4.81. The van der Waals surface area contributed by atoms with Crippen molar-refractivity contribution in [2.75, 3.05) is 0 Å². The molecule has 0 aliphatic heterocycles. The molecule has 0 aromatic heterocycles. The highest BCUT2D eigenvalue weighted by molar-refractivity contribution is 8.00. The summed E-state index contributed by atoms with van der Waals surface area (Å²) < 4.78 is 26.9. The van der Waals surface area contributed by atoms with Gasteiger partial charge in [-0.1, -0.05) is 0 Å². The number of carbonyl (C=O) groups excluding carboxylic acids is 1. The molecule has 2 atom stereocenters. The lowest BCUT2D eigenvalue weighted by Gasteiger charge is -2.29. The molecule has 1 saturated carbocycles. The molecule has 3 N–H and O–H groups in total. The molecule has 1 fully saturated rings. The summed E-state index contributed by atoms with van der Waals surface area (Å²) in [5, 5.41) is 3.28. The largest absolute Gasteiger partial charge is 0.368 e. The Kier molecular flexibility index (Phi) is 4.88. The standard InChI is InChI=1S/C15H20F2N2OS/c1-9(2)19-15(14(18)20)6-5-11(8-15)21-13-7-10(16)3-4-12(13)17/h3-4,7,9,11,19H,5-6,8H2,1-2H3,(H2,18,20). The molecule has 6 heteroatoms. The molecular weight excluding hydrogens is 294 g/mol. The van der Waals surface area contributed by atoms with Gasteiger partial charge < -0.3 is 11.1 Å². The van der Waals surface area contributed by atoms with Gasteiger partial charge in [-0.3, -0.25) is 4.79 Å². The van der Waals surface area contributed by atoms with E-state index in [4.69, 9.17) is 5.73 Å². The molecule has 1 amide bonds. The van der Waals surface area contributed by atoms with Crippen molar-refractivity contribution in [1.82, 2.24) is 5.32 Å². The first kappa shape index (κ1) is 16.2. The Hall–Kier alpha value is -1.14. The third-order valence-corrected chi connectivity index (χ3v) is 5.00. The topological polar surface area (TPSA) is 55.1 Å². The fourth-order valence-electron chi connectivity index (χ4n) is 2.83. The second-order valence-corrected chi connectivity index (χ2v) is 7.14. The summed E-state index contributed by atoms with van der Waals surface area (Å²) in [6.45, 7) is 3.91. The van der Waals surface area contributed by atoms with Crippen LogP contribution in [0.3, 0.4) is 0 Å². The van der Waals surface area contributed by atoms with Gasteiger partial charge in [0.15, 0.2) is 0 Å². The number of thioether (sulfide) groups is 1. The average molecular weight is 314 g/mol. The quantitative estimate of drug-likeness (QED) is 0.879. The zero-order valence-corrected chi connectivity index (χ0v) is 13.0. The summed E-state index contributed by atoms with van der Waals surface area (Å²) in [5.74, 6) is -1.27. The molecule has 0 radical (unpaired) electrons. The minimum absolute atomic E-state index is 0.0417. The van der Waals surface area contributed by atoms with Crippen LogP contribution in [0.15, 0.2) is 23.1 Å². The minimum Gasteiger partial charge on any atom is -0.368 e. The number of primary amides is 1. The molecule has 0 saturated heterocycles. The van der Waals surface area contributed by atoms with E-state index in [0.717, 1.165) is 18.6 Å². The molecule has 1 aliphatic carbocycles. The van der Waals surface area contributed by atoms with E-state index < -0.39 is 17.2 Å². The first-order valence-corrected chi connectivity index (χ1v) is 7.90. The number of nitrogens with one attached hydrogen (secondary N) is 1. The van der Waals surface area contributed by atoms with Crippen LogP contribution < -0.4 is 11.1 Å². The van der Waals surface area contributed by atoms with E-state index in [1.165, 1.54) is 17.8 Å². The van der Waals surface area contributed by atoms with Gasteiger partial charge in [-0.15, -0.1) is 11.8 Å². The summed E-state index contributed by atoms with van der Waals surface area (Å²) in [6, 6.07) is 3.55. The number of hydrogen-bond acceptors (Lipinski definition) is 3.